The molecular weight excluding hydrogens is 246 g/mol. The standard InChI is InChI=1S/C12H19N5O2/c1-12(2,3)19-11(18)15-9-4-5-17(7-9)10-6-13-8-14-16-10/h6,8-9H,4-5,7H2,1-3H3,(H,15,18)/t9-/m1/s1. The second kappa shape index (κ2) is 5.38. The summed E-state index contributed by atoms with van der Waals surface area (Å²) in [4.78, 5) is 17.6. The van der Waals surface area contributed by atoms with Gasteiger partial charge in [-0.25, -0.2) is 9.78 Å². The van der Waals surface area contributed by atoms with Crippen molar-refractivity contribution < 1.29 is 9.53 Å². The quantitative estimate of drug-likeness (QED) is 0.858. The molecule has 1 atom stereocenters. The highest BCUT2D eigenvalue weighted by Crippen LogP contribution is 2.16. The lowest BCUT2D eigenvalue weighted by atomic mass is 10.2. The molecule has 1 aliphatic rings. The molecule has 104 valence electrons. The monoisotopic (exact) mass is 265 g/mol. The lowest BCUT2D eigenvalue weighted by Gasteiger charge is -2.22. The van der Waals surface area contributed by atoms with Crippen molar-refractivity contribution in [3.05, 3.63) is 12.5 Å². The maximum Gasteiger partial charge on any atom is 0.407 e. The van der Waals surface area contributed by atoms with Gasteiger partial charge in [-0.3, -0.25) is 0 Å². The molecule has 1 aromatic heterocycles. The number of hydrogen-bond donors (Lipinski definition) is 1. The third kappa shape index (κ3) is 4.04. The minimum Gasteiger partial charge on any atom is -0.444 e. The Kier molecular flexibility index (Phi) is 3.82. The molecule has 0 saturated carbocycles. The largest absolute Gasteiger partial charge is 0.444 e. The number of rotatable bonds is 2. The molecule has 0 radical (unpaired) electrons. The van der Waals surface area contributed by atoms with E-state index < -0.39 is 5.60 Å². The van der Waals surface area contributed by atoms with Crippen molar-refractivity contribution in [1.29, 1.82) is 0 Å². The van der Waals surface area contributed by atoms with E-state index in [4.69, 9.17) is 4.74 Å². The van der Waals surface area contributed by atoms with Crippen molar-refractivity contribution in [2.45, 2.75) is 38.8 Å². The first-order valence-corrected chi connectivity index (χ1v) is 6.31. The zero-order valence-corrected chi connectivity index (χ0v) is 11.5. The van der Waals surface area contributed by atoms with Crippen molar-refractivity contribution in [1.82, 2.24) is 20.5 Å². The Labute approximate surface area is 112 Å². The van der Waals surface area contributed by atoms with E-state index >= 15 is 0 Å². The Morgan fingerprint density at radius 1 is 1.53 bits per heavy atom. The van der Waals surface area contributed by atoms with Crippen molar-refractivity contribution in [3.8, 4) is 0 Å². The van der Waals surface area contributed by atoms with Crippen molar-refractivity contribution >= 4 is 11.9 Å². The Morgan fingerprint density at radius 3 is 2.95 bits per heavy atom. The first-order chi connectivity index (χ1) is 8.94. The fraction of sp³-hybridized carbons (Fsp3) is 0.667. The molecule has 1 fully saturated rings. The summed E-state index contributed by atoms with van der Waals surface area (Å²) in [5.41, 5.74) is -0.475. The van der Waals surface area contributed by atoms with Crippen LogP contribution in [-0.2, 0) is 4.74 Å². The summed E-state index contributed by atoms with van der Waals surface area (Å²) in [6, 6.07) is 0.0665. The third-order valence-corrected chi connectivity index (χ3v) is 2.70. The SMILES string of the molecule is CC(C)(C)OC(=O)N[C@@H]1CCN(c2cncnn2)C1. The van der Waals surface area contributed by atoms with Crippen molar-refractivity contribution in [2.24, 2.45) is 0 Å². The number of ether oxygens (including phenoxy) is 1. The summed E-state index contributed by atoms with van der Waals surface area (Å²) in [5, 5.41) is 10.6. The number of anilines is 1. The van der Waals surface area contributed by atoms with E-state index in [-0.39, 0.29) is 12.1 Å². The first-order valence-electron chi connectivity index (χ1n) is 6.31. The molecule has 19 heavy (non-hydrogen) atoms. The number of hydrogen-bond acceptors (Lipinski definition) is 6. The summed E-state index contributed by atoms with van der Waals surface area (Å²) in [6.45, 7) is 7.05. The van der Waals surface area contributed by atoms with Crippen LogP contribution in [0.2, 0.25) is 0 Å². The van der Waals surface area contributed by atoms with Crippen molar-refractivity contribution in [2.75, 3.05) is 18.0 Å². The molecule has 7 nitrogen and oxygen atoms in total. The second-order valence-electron chi connectivity index (χ2n) is 5.55. The Hall–Kier alpha value is -1.92. The molecule has 0 aliphatic carbocycles. The molecule has 1 aliphatic heterocycles. The van der Waals surface area contributed by atoms with E-state index in [9.17, 15) is 4.79 Å². The maximum absolute atomic E-state index is 11.7. The normalized spacial score (nSPS) is 19.3. The highest BCUT2D eigenvalue weighted by molar-refractivity contribution is 5.68. The molecule has 0 spiro atoms. The van der Waals surface area contributed by atoms with E-state index in [0.29, 0.717) is 6.54 Å². The molecule has 2 heterocycles. The molecule has 0 aromatic carbocycles. The smallest absolute Gasteiger partial charge is 0.407 e. The Balaban J connectivity index is 1.84. The van der Waals surface area contributed by atoms with E-state index in [1.165, 1.54) is 6.33 Å². The second-order valence-corrected chi connectivity index (χ2v) is 5.55. The van der Waals surface area contributed by atoms with Crippen LogP contribution in [-0.4, -0.2) is 46.0 Å². The zero-order chi connectivity index (χ0) is 13.9. The van der Waals surface area contributed by atoms with Crippen molar-refractivity contribution in [3.63, 3.8) is 0 Å². The summed E-state index contributed by atoms with van der Waals surface area (Å²) in [7, 11) is 0. The van der Waals surface area contributed by atoms with Gasteiger partial charge in [0.2, 0.25) is 0 Å². The minimum absolute atomic E-state index is 0.0665. The predicted molar refractivity (Wildman–Crippen MR) is 69.8 cm³/mol. The van der Waals surface area contributed by atoms with Crippen LogP contribution in [0.25, 0.3) is 0 Å². The van der Waals surface area contributed by atoms with E-state index in [0.717, 1.165) is 18.8 Å². The molecule has 0 bridgehead atoms. The minimum atomic E-state index is -0.475. The Bertz CT molecular complexity index is 431. The number of alkyl carbamates (subject to hydrolysis) is 1. The van der Waals surface area contributed by atoms with Gasteiger partial charge in [-0.05, 0) is 27.2 Å². The lowest BCUT2D eigenvalue weighted by Crippen LogP contribution is -2.40. The molecule has 1 saturated heterocycles. The van der Waals surface area contributed by atoms with Crippen LogP contribution in [0.1, 0.15) is 27.2 Å². The van der Waals surface area contributed by atoms with Crippen LogP contribution in [0.5, 0.6) is 0 Å². The molecular formula is C12H19N5O2. The first kappa shape index (κ1) is 13.5. The van der Waals surface area contributed by atoms with Gasteiger partial charge in [-0.2, -0.15) is 0 Å². The highest BCUT2D eigenvalue weighted by Gasteiger charge is 2.26. The van der Waals surface area contributed by atoms with Crippen LogP contribution >= 0.6 is 0 Å². The van der Waals surface area contributed by atoms with Crippen LogP contribution in [0, 0.1) is 0 Å². The number of nitrogens with one attached hydrogen (secondary N) is 1. The summed E-state index contributed by atoms with van der Waals surface area (Å²) >= 11 is 0. The Morgan fingerprint density at radius 2 is 2.32 bits per heavy atom. The average Bonchev–Trinajstić information content (AvgIpc) is 2.76. The van der Waals surface area contributed by atoms with E-state index in [1.54, 1.807) is 6.20 Å². The van der Waals surface area contributed by atoms with Gasteiger partial charge in [0.1, 0.15) is 11.9 Å². The van der Waals surface area contributed by atoms with Gasteiger partial charge in [-0.1, -0.05) is 0 Å². The van der Waals surface area contributed by atoms with Gasteiger partial charge in [-0.15, -0.1) is 10.2 Å². The average molecular weight is 265 g/mol. The van der Waals surface area contributed by atoms with Crippen LogP contribution in [0.3, 0.4) is 0 Å². The number of amides is 1. The van der Waals surface area contributed by atoms with Gasteiger partial charge in [0.15, 0.2) is 5.82 Å². The van der Waals surface area contributed by atoms with Crippen LogP contribution < -0.4 is 10.2 Å². The van der Waals surface area contributed by atoms with Crippen LogP contribution in [0.4, 0.5) is 10.6 Å². The topological polar surface area (TPSA) is 80.2 Å². The number of carbonyl (C=O) groups is 1. The van der Waals surface area contributed by atoms with E-state index in [1.807, 2.05) is 25.7 Å². The van der Waals surface area contributed by atoms with Gasteiger partial charge in [0, 0.05) is 13.1 Å². The van der Waals surface area contributed by atoms with Gasteiger partial charge >= 0.3 is 6.09 Å². The fourth-order valence-electron chi connectivity index (χ4n) is 1.95. The molecule has 0 unspecified atom stereocenters. The van der Waals surface area contributed by atoms with E-state index in [2.05, 4.69) is 20.5 Å². The number of nitrogens with zero attached hydrogens (tertiary/aromatic N) is 4. The van der Waals surface area contributed by atoms with Gasteiger partial charge in [0.05, 0.1) is 12.2 Å². The molecule has 1 N–H and O–H groups in total. The summed E-state index contributed by atoms with van der Waals surface area (Å²) < 4.78 is 5.23. The summed E-state index contributed by atoms with van der Waals surface area (Å²) in [6.07, 6.45) is 3.55. The number of carbonyl (C=O) groups excluding carboxylic acids is 1. The third-order valence-electron chi connectivity index (χ3n) is 2.70. The molecule has 7 heteroatoms. The zero-order valence-electron chi connectivity index (χ0n) is 11.5. The highest BCUT2D eigenvalue weighted by atomic mass is 16.6. The predicted octanol–water partition coefficient (Wildman–Crippen LogP) is 0.975. The van der Waals surface area contributed by atoms with Gasteiger partial charge in [0.25, 0.3) is 0 Å². The number of aromatic nitrogens is 3. The maximum atomic E-state index is 11.7. The molecule has 2 rings (SSSR count). The lowest BCUT2D eigenvalue weighted by molar-refractivity contribution is 0.0509. The molecule has 1 aromatic rings. The summed E-state index contributed by atoms with van der Waals surface area (Å²) in [5.74, 6) is 0.732. The molecule has 1 amide bonds. The van der Waals surface area contributed by atoms with Gasteiger partial charge < -0.3 is 15.0 Å². The fourth-order valence-corrected chi connectivity index (χ4v) is 1.95. The van der Waals surface area contributed by atoms with Crippen LogP contribution in [0.15, 0.2) is 12.5 Å².